The number of nitrogens with zero attached hydrogens (tertiary/aromatic N) is 1. The molecule has 1 atom stereocenters. The summed E-state index contributed by atoms with van der Waals surface area (Å²) < 4.78 is 5.38. The normalized spacial score (nSPS) is 11.7. The molecule has 1 unspecified atom stereocenters. The number of anilines is 3. The van der Waals surface area contributed by atoms with E-state index in [2.05, 4.69) is 16.0 Å². The van der Waals surface area contributed by atoms with Gasteiger partial charge in [0.25, 0.3) is 11.8 Å². The molecule has 0 saturated carbocycles. The van der Waals surface area contributed by atoms with E-state index >= 15 is 0 Å². The van der Waals surface area contributed by atoms with Crippen molar-refractivity contribution < 1.29 is 23.9 Å². The van der Waals surface area contributed by atoms with Crippen molar-refractivity contribution in [1.29, 1.82) is 0 Å². The number of carbonyl (C=O) groups excluding carboxylic acids is 4. The molecule has 1 aromatic heterocycles. The first-order chi connectivity index (χ1) is 25.6. The molecule has 0 radical (unpaired) electrons. The topological polar surface area (TPSA) is 117 Å². The van der Waals surface area contributed by atoms with Gasteiger partial charge in [-0.3, -0.25) is 14.4 Å². The largest absolute Gasteiger partial charge is 0.462 e. The van der Waals surface area contributed by atoms with Gasteiger partial charge in [-0.2, -0.15) is 0 Å². The number of rotatable bonds is 14. The molecular formula is C42H42N4O5S2. The average molecular weight is 747 g/mol. The number of esters is 1. The Morgan fingerprint density at radius 3 is 2.25 bits per heavy atom. The van der Waals surface area contributed by atoms with Crippen LogP contribution in [0, 0.1) is 6.92 Å². The number of ether oxygens (including phenoxy) is 1. The molecule has 0 aliphatic heterocycles. The second-order valence-corrected chi connectivity index (χ2v) is 14.4. The highest BCUT2D eigenvalue weighted by atomic mass is 32.2. The fourth-order valence-corrected chi connectivity index (χ4v) is 7.28. The number of hydrogen-bond donors (Lipinski definition) is 3. The van der Waals surface area contributed by atoms with Gasteiger partial charge in [0, 0.05) is 46.9 Å². The van der Waals surface area contributed by atoms with Gasteiger partial charge in [0.15, 0.2) is 0 Å². The molecule has 3 amide bonds. The third kappa shape index (κ3) is 10.2. The second-order valence-electron chi connectivity index (χ2n) is 12.3. The molecule has 0 spiro atoms. The third-order valence-corrected chi connectivity index (χ3v) is 10.4. The summed E-state index contributed by atoms with van der Waals surface area (Å²) in [7, 11) is 3.89. The van der Waals surface area contributed by atoms with Gasteiger partial charge < -0.3 is 25.6 Å². The van der Waals surface area contributed by atoms with Gasteiger partial charge in [-0.1, -0.05) is 73.2 Å². The SMILES string of the molecule is CCOC(=O)c1c(-c2ccc(C)cc2)csc1NC(=O)C(CC)Sc1cccc(NC(=O)/C(=C\c2ccc(N(C)C)cc2)NC(=O)c2ccccc2)c1. The van der Waals surface area contributed by atoms with Crippen LogP contribution in [-0.4, -0.2) is 49.6 Å². The van der Waals surface area contributed by atoms with E-state index in [9.17, 15) is 19.2 Å². The number of carbonyl (C=O) groups is 4. The fraction of sp³-hybridized carbons (Fsp3) is 0.190. The van der Waals surface area contributed by atoms with Crippen molar-refractivity contribution in [2.24, 2.45) is 0 Å². The van der Waals surface area contributed by atoms with Crippen LogP contribution in [0.3, 0.4) is 0 Å². The van der Waals surface area contributed by atoms with Crippen molar-refractivity contribution in [1.82, 2.24) is 5.32 Å². The first kappa shape index (κ1) is 38.6. The second kappa shape index (κ2) is 18.2. The van der Waals surface area contributed by atoms with Crippen molar-refractivity contribution in [3.8, 4) is 11.1 Å². The van der Waals surface area contributed by atoms with Gasteiger partial charge in [-0.25, -0.2) is 4.79 Å². The van der Waals surface area contributed by atoms with Gasteiger partial charge in [0.1, 0.15) is 16.3 Å². The van der Waals surface area contributed by atoms with Crippen LogP contribution in [0.4, 0.5) is 16.4 Å². The van der Waals surface area contributed by atoms with E-state index < -0.39 is 23.0 Å². The van der Waals surface area contributed by atoms with Crippen molar-refractivity contribution in [2.75, 3.05) is 36.2 Å². The number of thioether (sulfide) groups is 1. The van der Waals surface area contributed by atoms with Crippen LogP contribution in [0.15, 0.2) is 119 Å². The molecule has 0 fully saturated rings. The Kier molecular flexibility index (Phi) is 13.3. The predicted molar refractivity (Wildman–Crippen MR) is 217 cm³/mol. The molecule has 0 aliphatic rings. The highest BCUT2D eigenvalue weighted by Gasteiger charge is 2.26. The smallest absolute Gasteiger partial charge is 0.341 e. The molecule has 5 aromatic rings. The molecule has 9 nitrogen and oxygen atoms in total. The Balaban J connectivity index is 1.33. The minimum absolute atomic E-state index is 0.0682. The minimum Gasteiger partial charge on any atom is -0.462 e. The zero-order valence-electron chi connectivity index (χ0n) is 30.3. The summed E-state index contributed by atoms with van der Waals surface area (Å²) in [6, 6.07) is 31.3. The molecular weight excluding hydrogens is 705 g/mol. The highest BCUT2D eigenvalue weighted by molar-refractivity contribution is 8.00. The summed E-state index contributed by atoms with van der Waals surface area (Å²) in [5, 5.41) is 10.5. The molecule has 5 rings (SSSR count). The van der Waals surface area contributed by atoms with Gasteiger partial charge >= 0.3 is 5.97 Å². The molecule has 0 bridgehead atoms. The Hall–Kier alpha value is -5.65. The summed E-state index contributed by atoms with van der Waals surface area (Å²) in [5.74, 6) is -1.68. The summed E-state index contributed by atoms with van der Waals surface area (Å²) in [4.78, 5) is 56.3. The number of aryl methyl sites for hydroxylation is 1. The lowest BCUT2D eigenvalue weighted by Gasteiger charge is -2.16. The molecule has 4 aromatic carbocycles. The third-order valence-electron chi connectivity index (χ3n) is 8.15. The summed E-state index contributed by atoms with van der Waals surface area (Å²) >= 11 is 2.63. The quantitative estimate of drug-likeness (QED) is 0.0591. The lowest BCUT2D eigenvalue weighted by atomic mass is 10.0. The number of hydrogen-bond acceptors (Lipinski definition) is 8. The van der Waals surface area contributed by atoms with Crippen LogP contribution in [0.1, 0.15) is 52.1 Å². The monoisotopic (exact) mass is 746 g/mol. The van der Waals surface area contributed by atoms with Gasteiger partial charge in [0.05, 0.1) is 11.9 Å². The van der Waals surface area contributed by atoms with Crippen molar-refractivity contribution in [2.45, 2.75) is 37.3 Å². The Labute approximate surface area is 318 Å². The minimum atomic E-state index is -0.508. The van der Waals surface area contributed by atoms with E-state index in [4.69, 9.17) is 4.74 Å². The number of amides is 3. The van der Waals surface area contributed by atoms with Crippen molar-refractivity contribution in [3.05, 3.63) is 136 Å². The van der Waals surface area contributed by atoms with Crippen LogP contribution in [-0.2, 0) is 14.3 Å². The first-order valence-electron chi connectivity index (χ1n) is 17.2. The standard InChI is InChI=1S/C42H42N4O5S2/c1-6-36(40(49)45-41-37(42(50)51-7-2)34(26-52-41)29-20-16-27(3)17-21-29)53-33-15-11-14-31(25-33)43-39(48)35(44-38(47)30-12-9-8-10-13-30)24-28-18-22-32(23-19-28)46(4)5/h8-26,36H,6-7H2,1-5H3,(H,43,48)(H,44,47)(H,45,49)/b35-24+. The number of thiophene rings is 1. The van der Waals surface area contributed by atoms with Gasteiger partial charge in [-0.15, -0.1) is 23.1 Å². The Bertz CT molecular complexity index is 2090. The van der Waals surface area contributed by atoms with Crippen molar-refractivity contribution in [3.63, 3.8) is 0 Å². The molecule has 3 N–H and O–H groups in total. The van der Waals surface area contributed by atoms with E-state index in [0.29, 0.717) is 33.8 Å². The van der Waals surface area contributed by atoms with Gasteiger partial charge in [-0.05, 0) is 79.9 Å². The van der Waals surface area contributed by atoms with Crippen LogP contribution in [0.5, 0.6) is 0 Å². The Morgan fingerprint density at radius 1 is 0.868 bits per heavy atom. The molecule has 11 heteroatoms. The predicted octanol–water partition coefficient (Wildman–Crippen LogP) is 8.89. The summed E-state index contributed by atoms with van der Waals surface area (Å²) in [5.41, 5.74) is 5.69. The molecule has 0 aliphatic carbocycles. The van der Waals surface area contributed by atoms with Crippen LogP contribution in [0.2, 0.25) is 0 Å². The Morgan fingerprint density at radius 2 is 1.58 bits per heavy atom. The average Bonchev–Trinajstić information content (AvgIpc) is 3.58. The number of benzene rings is 4. The maximum atomic E-state index is 13.7. The lowest BCUT2D eigenvalue weighted by molar-refractivity contribution is -0.116. The zero-order valence-corrected chi connectivity index (χ0v) is 31.9. The fourth-order valence-electron chi connectivity index (χ4n) is 5.30. The first-order valence-corrected chi connectivity index (χ1v) is 18.9. The maximum Gasteiger partial charge on any atom is 0.341 e. The van der Waals surface area contributed by atoms with Crippen LogP contribution < -0.4 is 20.9 Å². The molecule has 53 heavy (non-hydrogen) atoms. The molecule has 272 valence electrons. The van der Waals surface area contributed by atoms with E-state index in [1.54, 1.807) is 55.5 Å². The molecule has 1 heterocycles. The van der Waals surface area contributed by atoms with E-state index in [1.165, 1.54) is 23.1 Å². The van der Waals surface area contributed by atoms with E-state index in [0.717, 1.165) is 27.3 Å². The van der Waals surface area contributed by atoms with Gasteiger partial charge in [0.2, 0.25) is 5.91 Å². The van der Waals surface area contributed by atoms with Crippen LogP contribution >= 0.6 is 23.1 Å². The van der Waals surface area contributed by atoms with Crippen LogP contribution in [0.25, 0.3) is 17.2 Å². The van der Waals surface area contributed by atoms with E-state index in [-0.39, 0.29) is 18.2 Å². The summed E-state index contributed by atoms with van der Waals surface area (Å²) in [6.45, 7) is 5.86. The highest BCUT2D eigenvalue weighted by Crippen LogP contribution is 2.37. The zero-order chi connectivity index (χ0) is 37.9. The lowest BCUT2D eigenvalue weighted by Crippen LogP contribution is -2.30. The van der Waals surface area contributed by atoms with Crippen molar-refractivity contribution >= 4 is 69.2 Å². The molecule has 0 saturated heterocycles. The number of nitrogens with one attached hydrogen (secondary N) is 3. The van der Waals surface area contributed by atoms with E-state index in [1.807, 2.05) is 98.9 Å². The summed E-state index contributed by atoms with van der Waals surface area (Å²) in [6.07, 6.45) is 2.13. The maximum absolute atomic E-state index is 13.7.